The molecule has 1 amide bonds. The molecule has 1 N–H and O–H groups in total. The summed E-state index contributed by atoms with van der Waals surface area (Å²) in [5, 5.41) is 12.7. The maximum Gasteiger partial charge on any atom is 0.254 e. The van der Waals surface area contributed by atoms with Crippen LogP contribution < -0.4 is 4.74 Å². The molecule has 2 aliphatic rings. The second kappa shape index (κ2) is 7.29. The quantitative estimate of drug-likeness (QED) is 0.703. The van der Waals surface area contributed by atoms with Crippen LogP contribution in [0.25, 0.3) is 21.8 Å². The number of hydrogen-bond acceptors (Lipinski definition) is 4. The molecule has 6 nitrogen and oxygen atoms in total. The van der Waals surface area contributed by atoms with Crippen LogP contribution in [0.4, 0.5) is 0 Å². The number of aromatic nitrogens is 1. The average Bonchev–Trinajstić information content (AvgIpc) is 3.23. The molecule has 0 spiro atoms. The van der Waals surface area contributed by atoms with E-state index in [1.807, 2.05) is 19.2 Å². The highest BCUT2D eigenvalue weighted by atomic mass is 16.5. The van der Waals surface area contributed by atoms with Gasteiger partial charge in [-0.2, -0.15) is 0 Å². The molecular formula is C24H29N3O3. The number of aliphatic hydroxyl groups excluding tert-OH is 1. The summed E-state index contributed by atoms with van der Waals surface area (Å²) < 4.78 is 8.49. The van der Waals surface area contributed by atoms with E-state index in [-0.39, 0.29) is 5.91 Å². The fourth-order valence-electron chi connectivity index (χ4n) is 5.07. The summed E-state index contributed by atoms with van der Waals surface area (Å²) in [6.07, 6.45) is 0.103. The Morgan fingerprint density at radius 1 is 1.13 bits per heavy atom. The zero-order valence-electron chi connectivity index (χ0n) is 17.9. The Morgan fingerprint density at radius 3 is 2.63 bits per heavy atom. The van der Waals surface area contributed by atoms with Gasteiger partial charge in [0.25, 0.3) is 5.91 Å². The molecule has 3 heterocycles. The molecule has 2 aliphatic heterocycles. The van der Waals surface area contributed by atoms with Crippen molar-refractivity contribution in [2.75, 3.05) is 33.3 Å². The lowest BCUT2D eigenvalue weighted by atomic mass is 9.97. The van der Waals surface area contributed by atoms with Crippen LogP contribution >= 0.6 is 0 Å². The first-order valence-corrected chi connectivity index (χ1v) is 10.9. The average molecular weight is 408 g/mol. The van der Waals surface area contributed by atoms with Gasteiger partial charge in [-0.25, -0.2) is 0 Å². The fraction of sp³-hybridized carbons (Fsp3) is 0.458. The maximum atomic E-state index is 12.7. The van der Waals surface area contributed by atoms with Crippen molar-refractivity contribution in [3.63, 3.8) is 0 Å². The van der Waals surface area contributed by atoms with Crippen molar-refractivity contribution in [2.45, 2.75) is 39.5 Å². The zero-order chi connectivity index (χ0) is 21.0. The van der Waals surface area contributed by atoms with Crippen LogP contribution in [0.5, 0.6) is 5.75 Å². The second-order valence-electron chi connectivity index (χ2n) is 8.36. The Morgan fingerprint density at radius 2 is 1.87 bits per heavy atom. The SMILES string of the molecule is CCN(CC)CCn1c2ccc3c(c2c2c4c(ccc21)C(O)CCO4)CN(C)C3=O. The third-order valence-corrected chi connectivity index (χ3v) is 6.79. The van der Waals surface area contributed by atoms with Gasteiger partial charge in [-0.15, -0.1) is 0 Å². The number of hydrogen-bond donors (Lipinski definition) is 1. The number of aliphatic hydroxyl groups is 1. The number of rotatable bonds is 5. The molecule has 0 bridgehead atoms. The third-order valence-electron chi connectivity index (χ3n) is 6.79. The minimum atomic E-state index is -0.506. The van der Waals surface area contributed by atoms with E-state index in [9.17, 15) is 9.90 Å². The van der Waals surface area contributed by atoms with Gasteiger partial charge in [0.2, 0.25) is 0 Å². The molecule has 0 saturated heterocycles. The Kier molecular flexibility index (Phi) is 4.71. The summed E-state index contributed by atoms with van der Waals surface area (Å²) in [5.74, 6) is 0.856. The molecule has 0 radical (unpaired) electrons. The van der Waals surface area contributed by atoms with Gasteiger partial charge >= 0.3 is 0 Å². The minimum absolute atomic E-state index is 0.0710. The van der Waals surface area contributed by atoms with Crippen LogP contribution in [-0.4, -0.2) is 58.7 Å². The van der Waals surface area contributed by atoms with Gasteiger partial charge in [-0.05, 0) is 36.9 Å². The first-order chi connectivity index (χ1) is 14.5. The van der Waals surface area contributed by atoms with Crippen LogP contribution in [0.15, 0.2) is 24.3 Å². The smallest absolute Gasteiger partial charge is 0.254 e. The summed E-state index contributed by atoms with van der Waals surface area (Å²) >= 11 is 0. The highest BCUT2D eigenvalue weighted by Gasteiger charge is 2.31. The summed E-state index contributed by atoms with van der Waals surface area (Å²) in [7, 11) is 1.85. The third kappa shape index (κ3) is 2.74. The van der Waals surface area contributed by atoms with E-state index in [4.69, 9.17) is 4.74 Å². The Hall–Kier alpha value is -2.57. The summed E-state index contributed by atoms with van der Waals surface area (Å²) in [6, 6.07) is 8.17. The Balaban J connectivity index is 1.80. The predicted molar refractivity (Wildman–Crippen MR) is 118 cm³/mol. The number of fused-ring (bicyclic) bond motifs is 7. The van der Waals surface area contributed by atoms with E-state index in [1.54, 1.807) is 4.90 Å². The van der Waals surface area contributed by atoms with Crippen molar-refractivity contribution in [3.05, 3.63) is 41.0 Å². The van der Waals surface area contributed by atoms with Crippen LogP contribution in [0, 0.1) is 0 Å². The molecule has 1 aromatic heterocycles. The number of nitrogens with zero attached hydrogens (tertiary/aromatic N) is 3. The standard InChI is InChI=1S/C24H29N3O3/c1-4-26(5-2)11-12-27-18-8-6-15-17(14-25(3)24(15)29)21(18)22-19(27)9-7-16-20(28)10-13-30-23(16)22/h6-9,20,28H,4-5,10-14H2,1-3H3. The highest BCUT2D eigenvalue weighted by Crippen LogP contribution is 2.45. The van der Waals surface area contributed by atoms with Gasteiger partial charge in [0.05, 0.1) is 23.6 Å². The van der Waals surface area contributed by atoms with Crippen molar-refractivity contribution >= 4 is 27.7 Å². The molecule has 0 saturated carbocycles. The van der Waals surface area contributed by atoms with Crippen LogP contribution in [0.3, 0.4) is 0 Å². The normalized spacial score (nSPS) is 18.4. The number of carbonyl (C=O) groups excluding carboxylic acids is 1. The molecule has 3 aromatic rings. The molecule has 0 aliphatic carbocycles. The topological polar surface area (TPSA) is 57.9 Å². The number of likely N-dealkylation sites (N-methyl/N-ethyl adjacent to an activating group) is 1. The molecular weight excluding hydrogens is 378 g/mol. The summed E-state index contributed by atoms with van der Waals surface area (Å²) in [5.41, 5.74) is 4.95. The van der Waals surface area contributed by atoms with E-state index in [1.165, 1.54) is 0 Å². The highest BCUT2D eigenvalue weighted by molar-refractivity contribution is 6.17. The molecule has 158 valence electrons. The lowest BCUT2D eigenvalue weighted by Crippen LogP contribution is -2.27. The largest absolute Gasteiger partial charge is 0.492 e. The zero-order valence-corrected chi connectivity index (χ0v) is 17.9. The van der Waals surface area contributed by atoms with Crippen molar-refractivity contribution in [1.82, 2.24) is 14.4 Å². The lowest BCUT2D eigenvalue weighted by molar-refractivity contribution is 0.0816. The first-order valence-electron chi connectivity index (χ1n) is 10.9. The lowest BCUT2D eigenvalue weighted by Gasteiger charge is -2.23. The fourth-order valence-corrected chi connectivity index (χ4v) is 5.07. The molecule has 0 fully saturated rings. The van der Waals surface area contributed by atoms with Crippen LogP contribution in [-0.2, 0) is 13.1 Å². The maximum absolute atomic E-state index is 12.7. The van der Waals surface area contributed by atoms with E-state index < -0.39 is 6.10 Å². The van der Waals surface area contributed by atoms with Crippen molar-refractivity contribution in [1.29, 1.82) is 0 Å². The van der Waals surface area contributed by atoms with Crippen molar-refractivity contribution in [3.8, 4) is 5.75 Å². The molecule has 1 unspecified atom stereocenters. The van der Waals surface area contributed by atoms with Crippen molar-refractivity contribution < 1.29 is 14.6 Å². The minimum Gasteiger partial charge on any atom is -0.492 e. The van der Waals surface area contributed by atoms with Gasteiger partial charge < -0.3 is 24.2 Å². The number of benzene rings is 2. The Bertz CT molecular complexity index is 1150. The van der Waals surface area contributed by atoms with Gasteiger partial charge in [0.15, 0.2) is 0 Å². The van der Waals surface area contributed by atoms with Crippen LogP contribution in [0.1, 0.15) is 47.9 Å². The number of carbonyl (C=O) groups is 1. The number of amides is 1. The molecule has 6 heteroatoms. The summed E-state index contributed by atoms with van der Waals surface area (Å²) in [6.45, 7) is 9.36. The summed E-state index contributed by atoms with van der Waals surface area (Å²) in [4.78, 5) is 16.8. The van der Waals surface area contributed by atoms with Gasteiger partial charge in [-0.3, -0.25) is 4.79 Å². The van der Waals surface area contributed by atoms with E-state index in [0.717, 1.165) is 70.4 Å². The number of ether oxygens (including phenoxy) is 1. The molecule has 1 atom stereocenters. The molecule has 30 heavy (non-hydrogen) atoms. The molecule has 5 rings (SSSR count). The van der Waals surface area contributed by atoms with E-state index in [0.29, 0.717) is 19.6 Å². The molecule has 2 aromatic carbocycles. The van der Waals surface area contributed by atoms with Gasteiger partial charge in [0.1, 0.15) is 5.75 Å². The second-order valence-corrected chi connectivity index (χ2v) is 8.36. The van der Waals surface area contributed by atoms with Crippen molar-refractivity contribution in [2.24, 2.45) is 0 Å². The van der Waals surface area contributed by atoms with Crippen LogP contribution in [0.2, 0.25) is 0 Å². The van der Waals surface area contributed by atoms with Gasteiger partial charge in [-0.1, -0.05) is 19.9 Å². The monoisotopic (exact) mass is 407 g/mol. The predicted octanol–water partition coefficient (Wildman–Crippen LogP) is 3.54. The van der Waals surface area contributed by atoms with E-state index in [2.05, 4.69) is 35.4 Å². The first kappa shape index (κ1) is 19.4. The van der Waals surface area contributed by atoms with E-state index >= 15 is 0 Å². The Labute approximate surface area is 176 Å². The van der Waals surface area contributed by atoms with Gasteiger partial charge in [0, 0.05) is 55.1 Å².